The van der Waals surface area contributed by atoms with Gasteiger partial charge in [0.1, 0.15) is 0 Å². The van der Waals surface area contributed by atoms with Gasteiger partial charge in [0, 0.05) is 31.2 Å². The summed E-state index contributed by atoms with van der Waals surface area (Å²) >= 11 is 0. The van der Waals surface area contributed by atoms with Gasteiger partial charge < -0.3 is 9.64 Å². The molecule has 102 valence electrons. The first-order valence-electron chi connectivity index (χ1n) is 7.17. The average molecular weight is 260 g/mol. The Bertz CT molecular complexity index is 475. The molecule has 0 N–H and O–H groups in total. The molecule has 3 rings (SSSR count). The lowest BCUT2D eigenvalue weighted by Crippen LogP contribution is -2.43. The number of fused-ring (bicyclic) bond motifs is 1. The maximum atomic E-state index is 12.8. The first-order valence-corrected chi connectivity index (χ1v) is 7.17. The number of hydrogen-bond acceptors (Lipinski definition) is 3. The van der Waals surface area contributed by atoms with E-state index in [2.05, 4.69) is 11.9 Å². The van der Waals surface area contributed by atoms with E-state index in [1.807, 2.05) is 17.2 Å². The van der Waals surface area contributed by atoms with Gasteiger partial charge in [-0.1, -0.05) is 6.92 Å². The Labute approximate surface area is 113 Å². The lowest BCUT2D eigenvalue weighted by Gasteiger charge is -2.33. The van der Waals surface area contributed by atoms with Crippen molar-refractivity contribution in [1.29, 1.82) is 0 Å². The Morgan fingerprint density at radius 2 is 2.47 bits per heavy atom. The van der Waals surface area contributed by atoms with Crippen molar-refractivity contribution in [3.8, 4) is 0 Å². The summed E-state index contributed by atoms with van der Waals surface area (Å²) in [6.45, 7) is 3.67. The predicted octanol–water partition coefficient (Wildman–Crippen LogP) is 2.18. The van der Waals surface area contributed by atoms with E-state index in [1.54, 1.807) is 6.20 Å². The molecule has 1 amide bonds. The number of amides is 1. The lowest BCUT2D eigenvalue weighted by atomic mass is 9.91. The molecule has 1 aromatic rings. The number of carbonyl (C=O) groups is 1. The zero-order valence-corrected chi connectivity index (χ0v) is 11.3. The van der Waals surface area contributed by atoms with Crippen LogP contribution in [0.15, 0.2) is 18.5 Å². The van der Waals surface area contributed by atoms with Crippen LogP contribution in [0.2, 0.25) is 0 Å². The van der Waals surface area contributed by atoms with Gasteiger partial charge in [-0.15, -0.1) is 0 Å². The molecule has 2 aliphatic rings. The smallest absolute Gasteiger partial charge is 0.232 e. The number of carbonyl (C=O) groups excluding carboxylic acids is 1. The van der Waals surface area contributed by atoms with Crippen LogP contribution in [0.3, 0.4) is 0 Å². The van der Waals surface area contributed by atoms with E-state index in [0.29, 0.717) is 0 Å². The zero-order valence-electron chi connectivity index (χ0n) is 11.3. The maximum Gasteiger partial charge on any atom is 0.232 e. The predicted molar refractivity (Wildman–Crippen MR) is 73.0 cm³/mol. The van der Waals surface area contributed by atoms with Crippen LogP contribution in [-0.4, -0.2) is 30.1 Å². The number of ether oxygens (including phenoxy) is 1. The summed E-state index contributed by atoms with van der Waals surface area (Å²) < 4.78 is 5.75. The standard InChI is InChI=1S/C15H20N2O2/c1-2-14-12(4-3-9-19-14)15(18)17-8-6-11-10-16-7-5-13(11)17/h5,7,10,12,14H,2-4,6,8-9H2,1H3/t12-,14+/m0/s1. The second-order valence-corrected chi connectivity index (χ2v) is 5.31. The number of aromatic nitrogens is 1. The molecule has 4 nitrogen and oxygen atoms in total. The fraction of sp³-hybridized carbons (Fsp3) is 0.600. The van der Waals surface area contributed by atoms with Gasteiger partial charge in [0.05, 0.1) is 12.0 Å². The van der Waals surface area contributed by atoms with Crippen LogP contribution in [-0.2, 0) is 16.0 Å². The van der Waals surface area contributed by atoms with Gasteiger partial charge >= 0.3 is 0 Å². The Morgan fingerprint density at radius 3 is 3.32 bits per heavy atom. The number of pyridine rings is 1. The molecule has 2 aliphatic heterocycles. The summed E-state index contributed by atoms with van der Waals surface area (Å²) in [6.07, 6.45) is 7.49. The molecule has 2 atom stereocenters. The number of hydrogen-bond donors (Lipinski definition) is 0. The summed E-state index contributed by atoms with van der Waals surface area (Å²) in [4.78, 5) is 18.8. The van der Waals surface area contributed by atoms with Gasteiger partial charge in [-0.2, -0.15) is 0 Å². The Hall–Kier alpha value is -1.42. The van der Waals surface area contributed by atoms with Crippen molar-refractivity contribution in [2.24, 2.45) is 5.92 Å². The second kappa shape index (κ2) is 5.29. The number of anilines is 1. The molecule has 1 saturated heterocycles. The normalized spacial score (nSPS) is 26.3. The second-order valence-electron chi connectivity index (χ2n) is 5.31. The van der Waals surface area contributed by atoms with E-state index in [1.165, 1.54) is 5.56 Å². The average Bonchev–Trinajstić information content (AvgIpc) is 2.90. The highest BCUT2D eigenvalue weighted by atomic mass is 16.5. The van der Waals surface area contributed by atoms with Crippen molar-refractivity contribution in [2.75, 3.05) is 18.1 Å². The van der Waals surface area contributed by atoms with Gasteiger partial charge in [0.2, 0.25) is 5.91 Å². The van der Waals surface area contributed by atoms with E-state index in [-0.39, 0.29) is 17.9 Å². The fourth-order valence-corrected chi connectivity index (χ4v) is 3.18. The van der Waals surface area contributed by atoms with Crippen molar-refractivity contribution < 1.29 is 9.53 Å². The molecular formula is C15H20N2O2. The van der Waals surface area contributed by atoms with Crippen LogP contribution < -0.4 is 4.90 Å². The van der Waals surface area contributed by atoms with Crippen molar-refractivity contribution in [3.63, 3.8) is 0 Å². The van der Waals surface area contributed by atoms with E-state index < -0.39 is 0 Å². The van der Waals surface area contributed by atoms with Crippen molar-refractivity contribution in [1.82, 2.24) is 4.98 Å². The molecule has 19 heavy (non-hydrogen) atoms. The molecule has 1 aromatic heterocycles. The van der Waals surface area contributed by atoms with E-state index in [0.717, 1.165) is 44.5 Å². The number of rotatable bonds is 2. The SMILES string of the molecule is CC[C@H]1OCCC[C@@H]1C(=O)N1CCc2cnccc21. The third-order valence-electron chi connectivity index (χ3n) is 4.20. The highest BCUT2D eigenvalue weighted by molar-refractivity contribution is 5.97. The Morgan fingerprint density at radius 1 is 1.58 bits per heavy atom. The quantitative estimate of drug-likeness (QED) is 0.818. The summed E-state index contributed by atoms with van der Waals surface area (Å²) in [5.74, 6) is 0.259. The van der Waals surface area contributed by atoms with E-state index in [4.69, 9.17) is 4.74 Å². The summed E-state index contributed by atoms with van der Waals surface area (Å²) in [7, 11) is 0. The number of nitrogens with zero attached hydrogens (tertiary/aromatic N) is 2. The van der Waals surface area contributed by atoms with Gasteiger partial charge in [-0.25, -0.2) is 0 Å². The largest absolute Gasteiger partial charge is 0.377 e. The summed E-state index contributed by atoms with van der Waals surface area (Å²) in [6, 6.07) is 1.95. The van der Waals surface area contributed by atoms with Crippen LogP contribution >= 0.6 is 0 Å². The third kappa shape index (κ3) is 2.25. The van der Waals surface area contributed by atoms with Crippen LogP contribution in [0.4, 0.5) is 5.69 Å². The first kappa shape index (κ1) is 12.6. The molecule has 1 fully saturated rings. The van der Waals surface area contributed by atoms with Crippen molar-refractivity contribution in [3.05, 3.63) is 24.0 Å². The van der Waals surface area contributed by atoms with E-state index in [9.17, 15) is 4.79 Å². The van der Waals surface area contributed by atoms with Gasteiger partial charge in [-0.3, -0.25) is 9.78 Å². The zero-order chi connectivity index (χ0) is 13.2. The highest BCUT2D eigenvalue weighted by Crippen LogP contribution is 2.32. The van der Waals surface area contributed by atoms with Crippen molar-refractivity contribution >= 4 is 11.6 Å². The minimum atomic E-state index is 0.0258. The topological polar surface area (TPSA) is 42.4 Å². The van der Waals surface area contributed by atoms with Gasteiger partial charge in [-0.05, 0) is 37.3 Å². The molecule has 4 heteroatoms. The summed E-state index contributed by atoms with van der Waals surface area (Å²) in [5.41, 5.74) is 2.22. The van der Waals surface area contributed by atoms with Crippen LogP contribution in [0, 0.1) is 5.92 Å². The van der Waals surface area contributed by atoms with Gasteiger partial charge in [0.25, 0.3) is 0 Å². The van der Waals surface area contributed by atoms with E-state index >= 15 is 0 Å². The fourth-order valence-electron chi connectivity index (χ4n) is 3.18. The lowest BCUT2D eigenvalue weighted by molar-refractivity contribution is -0.131. The first-order chi connectivity index (χ1) is 9.31. The molecule has 0 aromatic carbocycles. The van der Waals surface area contributed by atoms with Crippen LogP contribution in [0.1, 0.15) is 31.7 Å². The molecule has 0 bridgehead atoms. The molecular weight excluding hydrogens is 240 g/mol. The summed E-state index contributed by atoms with van der Waals surface area (Å²) in [5, 5.41) is 0. The molecule has 0 spiro atoms. The Kier molecular flexibility index (Phi) is 3.51. The maximum absolute atomic E-state index is 12.8. The minimum Gasteiger partial charge on any atom is -0.377 e. The highest BCUT2D eigenvalue weighted by Gasteiger charge is 2.36. The van der Waals surface area contributed by atoms with Crippen molar-refractivity contribution in [2.45, 2.75) is 38.7 Å². The third-order valence-corrected chi connectivity index (χ3v) is 4.20. The monoisotopic (exact) mass is 260 g/mol. The van der Waals surface area contributed by atoms with Gasteiger partial charge in [0.15, 0.2) is 0 Å². The molecule has 3 heterocycles. The minimum absolute atomic E-state index is 0.0258. The Balaban J connectivity index is 1.81. The van der Waals surface area contributed by atoms with Crippen LogP contribution in [0.25, 0.3) is 0 Å². The van der Waals surface area contributed by atoms with Crippen LogP contribution in [0.5, 0.6) is 0 Å². The molecule has 0 saturated carbocycles. The molecule has 0 aliphatic carbocycles. The molecule has 0 radical (unpaired) electrons. The molecule has 0 unspecified atom stereocenters.